The van der Waals surface area contributed by atoms with Crippen LogP contribution in [0.15, 0.2) is 0 Å². The van der Waals surface area contributed by atoms with Crippen molar-refractivity contribution in [2.75, 3.05) is 19.6 Å². The second kappa shape index (κ2) is 28.0. The summed E-state index contributed by atoms with van der Waals surface area (Å²) in [4.78, 5) is 2.82. The van der Waals surface area contributed by atoms with Gasteiger partial charge in [0.1, 0.15) is 0 Å². The van der Waals surface area contributed by atoms with E-state index in [0.29, 0.717) is 0 Å². The Labute approximate surface area is 199 Å². The molecule has 0 unspecified atom stereocenters. The monoisotopic (exact) mass is 437 g/mol. The molecule has 0 aliphatic heterocycles. The molecule has 0 amide bonds. The van der Waals surface area contributed by atoms with Gasteiger partial charge in [0.15, 0.2) is 0 Å². The lowest BCUT2D eigenvalue weighted by Crippen LogP contribution is -2.27. The highest BCUT2D eigenvalue weighted by Gasteiger charge is 2.05. The fourth-order valence-electron chi connectivity index (χ4n) is 4.74. The van der Waals surface area contributed by atoms with Crippen LogP contribution in [-0.4, -0.2) is 24.5 Å². The molecule has 31 heavy (non-hydrogen) atoms. The zero-order chi connectivity index (χ0) is 22.7. The number of rotatable bonds is 27. The summed E-state index contributed by atoms with van der Waals surface area (Å²) in [7, 11) is 0. The molecule has 0 aromatic heterocycles. The molecule has 0 rings (SSSR count). The van der Waals surface area contributed by atoms with Crippen LogP contribution in [0.2, 0.25) is 0 Å². The van der Waals surface area contributed by atoms with Crippen LogP contribution in [0, 0.1) is 0 Å². The third-order valence-electron chi connectivity index (χ3n) is 6.98. The van der Waals surface area contributed by atoms with Gasteiger partial charge in [0, 0.05) is 0 Å². The van der Waals surface area contributed by atoms with E-state index in [-0.39, 0.29) is 0 Å². The SMILES string of the molecule is CCCCCCCCCCCCN(CCCCCCCCC)CCCCCCCCC. The minimum absolute atomic E-state index is 1.36. The van der Waals surface area contributed by atoms with Gasteiger partial charge in [0.05, 0.1) is 0 Å². The van der Waals surface area contributed by atoms with Crippen LogP contribution < -0.4 is 0 Å². The van der Waals surface area contributed by atoms with Gasteiger partial charge in [-0.1, -0.05) is 156 Å². The predicted molar refractivity (Wildman–Crippen MR) is 144 cm³/mol. The van der Waals surface area contributed by atoms with Gasteiger partial charge in [0.2, 0.25) is 0 Å². The van der Waals surface area contributed by atoms with Gasteiger partial charge in [-0.25, -0.2) is 0 Å². The second-order valence-electron chi connectivity index (χ2n) is 10.3. The van der Waals surface area contributed by atoms with Crippen molar-refractivity contribution in [3.05, 3.63) is 0 Å². The molecule has 0 aliphatic carbocycles. The summed E-state index contributed by atoms with van der Waals surface area (Å²) in [6.45, 7) is 11.0. The Morgan fingerprint density at radius 1 is 0.258 bits per heavy atom. The summed E-state index contributed by atoms with van der Waals surface area (Å²) in [5.74, 6) is 0. The Morgan fingerprint density at radius 2 is 0.452 bits per heavy atom. The Balaban J connectivity index is 3.79. The van der Waals surface area contributed by atoms with Gasteiger partial charge in [-0.3, -0.25) is 0 Å². The number of unbranched alkanes of at least 4 members (excludes halogenated alkanes) is 21. The highest BCUT2D eigenvalue weighted by molar-refractivity contribution is 4.60. The molecule has 0 spiro atoms. The van der Waals surface area contributed by atoms with Gasteiger partial charge < -0.3 is 4.90 Å². The molecule has 0 fully saturated rings. The number of hydrogen-bond donors (Lipinski definition) is 0. The highest BCUT2D eigenvalue weighted by atomic mass is 15.1. The van der Waals surface area contributed by atoms with Crippen molar-refractivity contribution in [3.8, 4) is 0 Å². The van der Waals surface area contributed by atoms with Crippen molar-refractivity contribution in [1.82, 2.24) is 4.90 Å². The fourth-order valence-corrected chi connectivity index (χ4v) is 4.74. The van der Waals surface area contributed by atoms with Crippen LogP contribution in [0.1, 0.15) is 175 Å². The van der Waals surface area contributed by atoms with Crippen molar-refractivity contribution >= 4 is 0 Å². The van der Waals surface area contributed by atoms with E-state index in [2.05, 4.69) is 25.7 Å². The van der Waals surface area contributed by atoms with E-state index in [0.717, 1.165) is 0 Å². The highest BCUT2D eigenvalue weighted by Crippen LogP contribution is 2.13. The molecule has 0 radical (unpaired) electrons. The van der Waals surface area contributed by atoms with Crippen molar-refractivity contribution in [2.45, 2.75) is 175 Å². The Bertz CT molecular complexity index is 283. The van der Waals surface area contributed by atoms with Crippen LogP contribution in [0.4, 0.5) is 0 Å². The van der Waals surface area contributed by atoms with E-state index in [4.69, 9.17) is 0 Å². The molecule has 0 saturated carbocycles. The molecular weight excluding hydrogens is 374 g/mol. The molecule has 0 heterocycles. The van der Waals surface area contributed by atoms with Gasteiger partial charge >= 0.3 is 0 Å². The quantitative estimate of drug-likeness (QED) is 0.115. The maximum Gasteiger partial charge on any atom is -0.00187 e. The molecule has 0 saturated heterocycles. The lowest BCUT2D eigenvalue weighted by Gasteiger charge is -2.22. The first-order chi connectivity index (χ1) is 15.3. The van der Waals surface area contributed by atoms with Gasteiger partial charge in [-0.05, 0) is 38.9 Å². The first-order valence-corrected chi connectivity index (χ1v) is 15.1. The summed E-state index contributed by atoms with van der Waals surface area (Å²) in [6.07, 6.45) is 34.7. The van der Waals surface area contributed by atoms with Gasteiger partial charge in [-0.2, -0.15) is 0 Å². The van der Waals surface area contributed by atoms with Gasteiger partial charge in [0.25, 0.3) is 0 Å². The molecule has 188 valence electrons. The van der Waals surface area contributed by atoms with Crippen molar-refractivity contribution in [1.29, 1.82) is 0 Å². The summed E-state index contributed by atoms with van der Waals surface area (Å²) in [5.41, 5.74) is 0. The van der Waals surface area contributed by atoms with Gasteiger partial charge in [-0.15, -0.1) is 0 Å². The molecule has 0 aromatic rings. The van der Waals surface area contributed by atoms with Crippen LogP contribution in [0.3, 0.4) is 0 Å². The molecule has 0 N–H and O–H groups in total. The van der Waals surface area contributed by atoms with E-state index in [1.54, 1.807) is 0 Å². The predicted octanol–water partition coefficient (Wildman–Crippen LogP) is 10.7. The van der Waals surface area contributed by atoms with Crippen LogP contribution in [0.5, 0.6) is 0 Å². The summed E-state index contributed by atoms with van der Waals surface area (Å²) in [5, 5.41) is 0. The first kappa shape index (κ1) is 31.0. The Kier molecular flexibility index (Phi) is 28.0. The first-order valence-electron chi connectivity index (χ1n) is 15.1. The summed E-state index contributed by atoms with van der Waals surface area (Å²) >= 11 is 0. The Hall–Kier alpha value is -0.0400. The van der Waals surface area contributed by atoms with Crippen molar-refractivity contribution < 1.29 is 0 Å². The normalized spacial score (nSPS) is 11.6. The fraction of sp³-hybridized carbons (Fsp3) is 1.00. The minimum Gasteiger partial charge on any atom is -0.303 e. The molecular formula is C30H63N. The number of nitrogens with zero attached hydrogens (tertiary/aromatic N) is 1. The Morgan fingerprint density at radius 3 is 0.677 bits per heavy atom. The molecule has 0 bridgehead atoms. The molecule has 0 atom stereocenters. The molecule has 0 aromatic carbocycles. The summed E-state index contributed by atoms with van der Waals surface area (Å²) < 4.78 is 0. The molecule has 1 nitrogen and oxygen atoms in total. The third-order valence-corrected chi connectivity index (χ3v) is 6.98. The van der Waals surface area contributed by atoms with Crippen LogP contribution in [-0.2, 0) is 0 Å². The van der Waals surface area contributed by atoms with E-state index in [1.807, 2.05) is 0 Å². The maximum atomic E-state index is 2.82. The van der Waals surface area contributed by atoms with E-state index in [9.17, 15) is 0 Å². The van der Waals surface area contributed by atoms with Crippen molar-refractivity contribution in [2.24, 2.45) is 0 Å². The zero-order valence-corrected chi connectivity index (χ0v) is 22.5. The zero-order valence-electron chi connectivity index (χ0n) is 22.5. The van der Waals surface area contributed by atoms with Crippen LogP contribution >= 0.6 is 0 Å². The van der Waals surface area contributed by atoms with E-state index >= 15 is 0 Å². The largest absolute Gasteiger partial charge is 0.303 e. The average Bonchev–Trinajstić information content (AvgIpc) is 2.78. The third kappa shape index (κ3) is 26.1. The molecule has 0 aliphatic rings. The standard InChI is InChI=1S/C30H63N/c1-4-7-10-13-16-17-18-21-24-27-30-31(28-25-22-19-14-11-8-5-2)29-26-23-20-15-12-9-6-3/h4-30H2,1-3H3. The maximum absolute atomic E-state index is 2.82. The van der Waals surface area contributed by atoms with Crippen LogP contribution in [0.25, 0.3) is 0 Å². The average molecular weight is 438 g/mol. The lowest BCUT2D eigenvalue weighted by molar-refractivity contribution is 0.254. The topological polar surface area (TPSA) is 3.24 Å². The number of hydrogen-bond acceptors (Lipinski definition) is 1. The smallest absolute Gasteiger partial charge is 0.00187 e. The second-order valence-corrected chi connectivity index (χ2v) is 10.3. The van der Waals surface area contributed by atoms with E-state index in [1.165, 1.54) is 174 Å². The van der Waals surface area contributed by atoms with E-state index < -0.39 is 0 Å². The lowest BCUT2D eigenvalue weighted by atomic mass is 10.1. The van der Waals surface area contributed by atoms with Crippen molar-refractivity contribution in [3.63, 3.8) is 0 Å². The minimum atomic E-state index is 1.36. The molecule has 1 heteroatoms. The summed E-state index contributed by atoms with van der Waals surface area (Å²) in [6, 6.07) is 0.